The molecular formula is C23H24F2N6O2S. The molecule has 4 aromatic rings. The van der Waals surface area contributed by atoms with Crippen LogP contribution in [0.5, 0.6) is 0 Å². The predicted molar refractivity (Wildman–Crippen MR) is 128 cm³/mol. The lowest BCUT2D eigenvalue weighted by Crippen LogP contribution is -2.30. The normalized spacial score (nSPS) is 13.4. The quantitative estimate of drug-likeness (QED) is 0.334. The number of carboxylic acids is 1. The van der Waals surface area contributed by atoms with Gasteiger partial charge < -0.3 is 20.3 Å². The van der Waals surface area contributed by atoms with Crippen LogP contribution in [0.4, 0.5) is 14.6 Å². The Labute approximate surface area is 198 Å². The van der Waals surface area contributed by atoms with Gasteiger partial charge in [-0.3, -0.25) is 4.79 Å². The van der Waals surface area contributed by atoms with Crippen molar-refractivity contribution in [3.63, 3.8) is 0 Å². The first-order chi connectivity index (χ1) is 16.1. The van der Waals surface area contributed by atoms with E-state index in [-0.39, 0.29) is 17.3 Å². The summed E-state index contributed by atoms with van der Waals surface area (Å²) >= 11 is 1.49. The minimum absolute atomic E-state index is 0.0719. The number of nitrogens with zero attached hydrogens (tertiary/aromatic N) is 4. The van der Waals surface area contributed by atoms with Crippen molar-refractivity contribution in [3.05, 3.63) is 46.4 Å². The van der Waals surface area contributed by atoms with E-state index in [1.807, 2.05) is 30.4 Å². The van der Waals surface area contributed by atoms with Gasteiger partial charge in [-0.15, -0.1) is 11.3 Å². The maximum atomic E-state index is 15.6. The Morgan fingerprint density at radius 3 is 2.74 bits per heavy atom. The molecule has 0 saturated heterocycles. The van der Waals surface area contributed by atoms with E-state index < -0.39 is 29.6 Å². The molecule has 3 N–H and O–H groups in total. The van der Waals surface area contributed by atoms with Crippen LogP contribution in [-0.4, -0.2) is 56.0 Å². The summed E-state index contributed by atoms with van der Waals surface area (Å²) in [5.74, 6) is -2.98. The molecule has 8 nitrogen and oxygen atoms in total. The second-order valence-corrected chi connectivity index (χ2v) is 9.41. The minimum Gasteiger partial charge on any atom is -0.481 e. The Morgan fingerprint density at radius 1 is 1.26 bits per heavy atom. The Kier molecular flexibility index (Phi) is 6.58. The fourth-order valence-corrected chi connectivity index (χ4v) is 4.46. The first-order valence-electron chi connectivity index (χ1n) is 10.6. The largest absolute Gasteiger partial charge is 0.481 e. The molecule has 0 saturated carbocycles. The maximum absolute atomic E-state index is 15.6. The number of nitrogens with one attached hydrogen (secondary N) is 2. The van der Waals surface area contributed by atoms with Gasteiger partial charge in [0.25, 0.3) is 0 Å². The molecule has 11 heteroatoms. The molecule has 0 bridgehead atoms. The van der Waals surface area contributed by atoms with Crippen LogP contribution in [0.1, 0.15) is 18.7 Å². The van der Waals surface area contributed by atoms with E-state index in [4.69, 9.17) is 0 Å². The highest BCUT2D eigenvalue weighted by atomic mass is 32.1. The van der Waals surface area contributed by atoms with Crippen LogP contribution >= 0.6 is 11.3 Å². The van der Waals surface area contributed by atoms with Crippen molar-refractivity contribution in [1.82, 2.24) is 24.8 Å². The fourth-order valence-electron chi connectivity index (χ4n) is 3.47. The number of halogens is 2. The van der Waals surface area contributed by atoms with Gasteiger partial charge in [0, 0.05) is 45.6 Å². The van der Waals surface area contributed by atoms with Gasteiger partial charge in [0.15, 0.2) is 17.5 Å². The minimum atomic E-state index is -1.01. The summed E-state index contributed by atoms with van der Waals surface area (Å²) in [4.78, 5) is 30.3. The average Bonchev–Trinajstić information content (AvgIpc) is 3.40. The summed E-state index contributed by atoms with van der Waals surface area (Å²) in [6, 6.07) is 2.56. The molecule has 0 radical (unpaired) electrons. The summed E-state index contributed by atoms with van der Waals surface area (Å²) in [7, 11) is 3.89. The molecular weight excluding hydrogens is 462 g/mol. The van der Waals surface area contributed by atoms with Crippen LogP contribution in [-0.2, 0) is 11.3 Å². The molecule has 4 aromatic heterocycles. The highest BCUT2D eigenvalue weighted by Gasteiger charge is 2.25. The number of aromatic nitrogens is 4. The number of pyridine rings is 1. The Bertz CT molecular complexity index is 1350. The number of H-pyrrole nitrogens is 1. The predicted octanol–water partition coefficient (Wildman–Crippen LogP) is 4.61. The molecule has 0 fully saturated rings. The van der Waals surface area contributed by atoms with E-state index in [1.165, 1.54) is 24.3 Å². The molecule has 178 valence electrons. The van der Waals surface area contributed by atoms with Gasteiger partial charge in [0.2, 0.25) is 0 Å². The molecule has 0 amide bonds. The van der Waals surface area contributed by atoms with Gasteiger partial charge >= 0.3 is 5.97 Å². The molecule has 0 aliphatic heterocycles. The van der Waals surface area contributed by atoms with Gasteiger partial charge in [0.05, 0.1) is 12.1 Å². The van der Waals surface area contributed by atoms with Gasteiger partial charge in [-0.2, -0.15) is 0 Å². The molecule has 0 aromatic carbocycles. The topological polar surface area (TPSA) is 107 Å². The molecule has 0 aliphatic rings. The molecule has 0 aliphatic carbocycles. The van der Waals surface area contributed by atoms with Crippen molar-refractivity contribution in [3.8, 4) is 22.6 Å². The molecule has 4 heterocycles. The third-order valence-electron chi connectivity index (χ3n) is 5.49. The van der Waals surface area contributed by atoms with Crippen molar-refractivity contribution in [2.75, 3.05) is 19.4 Å². The second-order valence-electron chi connectivity index (χ2n) is 8.41. The third kappa shape index (κ3) is 4.75. The Balaban J connectivity index is 1.85. The second kappa shape index (κ2) is 9.43. The first-order valence-corrected chi connectivity index (χ1v) is 11.4. The van der Waals surface area contributed by atoms with Gasteiger partial charge in [0.1, 0.15) is 17.2 Å². The first kappa shape index (κ1) is 23.7. The third-order valence-corrected chi connectivity index (χ3v) is 6.41. The SMILES string of the molecule is CC(Nc1nc(-c2c[nH]c3ncc(F)cc23)nc(-c2csc(CN(C)C)c2)c1F)C(C)C(=O)O. The van der Waals surface area contributed by atoms with Crippen LogP contribution in [0.2, 0.25) is 0 Å². The monoisotopic (exact) mass is 486 g/mol. The van der Waals surface area contributed by atoms with E-state index in [1.54, 1.807) is 13.1 Å². The van der Waals surface area contributed by atoms with Gasteiger partial charge in [-0.05, 0) is 40.1 Å². The Morgan fingerprint density at radius 2 is 2.03 bits per heavy atom. The van der Waals surface area contributed by atoms with E-state index >= 15 is 4.39 Å². The van der Waals surface area contributed by atoms with E-state index in [9.17, 15) is 14.3 Å². The lowest BCUT2D eigenvalue weighted by atomic mass is 10.0. The number of aromatic amines is 1. The standard InChI is InChI=1S/C23H24F2N6O2S/c1-11(23(32)33)12(2)28-22-18(25)19(13-5-15(34-10-13)9-31(3)4)29-21(30-22)17-8-27-20-16(17)6-14(24)7-26-20/h5-8,10-12H,9H2,1-4H3,(H,26,27)(H,32,33)(H,28,29,30). The smallest absolute Gasteiger partial charge is 0.308 e. The lowest BCUT2D eigenvalue weighted by molar-refractivity contribution is -0.141. The van der Waals surface area contributed by atoms with Crippen LogP contribution < -0.4 is 5.32 Å². The van der Waals surface area contributed by atoms with Crippen molar-refractivity contribution in [2.24, 2.45) is 5.92 Å². The molecule has 0 spiro atoms. The van der Waals surface area contributed by atoms with E-state index in [0.29, 0.717) is 28.7 Å². The molecule has 4 rings (SSSR count). The summed E-state index contributed by atoms with van der Waals surface area (Å²) in [5.41, 5.74) is 1.54. The number of fused-ring (bicyclic) bond motifs is 1. The zero-order chi connectivity index (χ0) is 24.6. The maximum Gasteiger partial charge on any atom is 0.308 e. The van der Waals surface area contributed by atoms with Gasteiger partial charge in [-0.1, -0.05) is 0 Å². The summed E-state index contributed by atoms with van der Waals surface area (Å²) in [5, 5.41) is 14.5. The number of anilines is 1. The van der Waals surface area contributed by atoms with Crippen LogP contribution in [0.15, 0.2) is 29.9 Å². The zero-order valence-electron chi connectivity index (χ0n) is 19.1. The number of thiophene rings is 1. The number of carbonyl (C=O) groups is 1. The molecule has 34 heavy (non-hydrogen) atoms. The van der Waals surface area contributed by atoms with Crippen LogP contribution in [0.25, 0.3) is 33.7 Å². The van der Waals surface area contributed by atoms with Crippen LogP contribution in [0, 0.1) is 17.6 Å². The molecule has 2 atom stereocenters. The van der Waals surface area contributed by atoms with Gasteiger partial charge in [-0.25, -0.2) is 23.7 Å². The number of hydrogen-bond acceptors (Lipinski definition) is 7. The Hall–Kier alpha value is -3.44. The number of rotatable bonds is 8. The number of aliphatic carboxylic acids is 1. The lowest BCUT2D eigenvalue weighted by Gasteiger charge is -2.19. The van der Waals surface area contributed by atoms with Crippen molar-refractivity contribution in [1.29, 1.82) is 0 Å². The summed E-state index contributed by atoms with van der Waals surface area (Å²) < 4.78 is 29.5. The fraction of sp³-hybridized carbons (Fsp3) is 0.304. The van der Waals surface area contributed by atoms with E-state index in [0.717, 1.165) is 11.1 Å². The average molecular weight is 487 g/mol. The zero-order valence-corrected chi connectivity index (χ0v) is 19.9. The van der Waals surface area contributed by atoms with Crippen molar-refractivity contribution in [2.45, 2.75) is 26.4 Å². The summed E-state index contributed by atoms with van der Waals surface area (Å²) in [6.45, 7) is 3.86. The highest BCUT2D eigenvalue weighted by molar-refractivity contribution is 7.10. The van der Waals surface area contributed by atoms with Crippen LogP contribution in [0.3, 0.4) is 0 Å². The number of hydrogen-bond donors (Lipinski definition) is 3. The highest BCUT2D eigenvalue weighted by Crippen LogP contribution is 2.34. The van der Waals surface area contributed by atoms with Crippen molar-refractivity contribution < 1.29 is 18.7 Å². The molecule has 2 unspecified atom stereocenters. The summed E-state index contributed by atoms with van der Waals surface area (Å²) in [6.07, 6.45) is 2.69. The number of carboxylic acid groups (broad SMARTS) is 1. The van der Waals surface area contributed by atoms with E-state index in [2.05, 4.69) is 25.3 Å². The van der Waals surface area contributed by atoms with Crippen molar-refractivity contribution >= 4 is 34.2 Å².